The molecule has 0 heterocycles. The molecular formula is C13H20FN. The highest BCUT2D eigenvalue weighted by molar-refractivity contribution is 5.32. The van der Waals surface area contributed by atoms with Crippen LogP contribution in [0.5, 0.6) is 0 Å². The molecule has 15 heavy (non-hydrogen) atoms. The Morgan fingerprint density at radius 3 is 2.13 bits per heavy atom. The average Bonchev–Trinajstić information content (AvgIpc) is 2.16. The lowest BCUT2D eigenvalue weighted by atomic mass is 9.89. The highest BCUT2D eigenvalue weighted by atomic mass is 19.1. The molecule has 0 saturated carbocycles. The Morgan fingerprint density at radius 1 is 1.20 bits per heavy atom. The molecule has 1 nitrogen and oxygen atoms in total. The molecule has 0 fully saturated rings. The van der Waals surface area contributed by atoms with Gasteiger partial charge in [-0.15, -0.1) is 0 Å². The molecular weight excluding hydrogens is 189 g/mol. The lowest BCUT2D eigenvalue weighted by Gasteiger charge is -2.24. The lowest BCUT2D eigenvalue weighted by Crippen LogP contribution is -2.30. The van der Waals surface area contributed by atoms with Gasteiger partial charge in [0, 0.05) is 6.54 Å². The van der Waals surface area contributed by atoms with E-state index in [-0.39, 0.29) is 6.54 Å². The van der Waals surface area contributed by atoms with E-state index in [0.29, 0.717) is 6.42 Å². The highest BCUT2D eigenvalue weighted by Gasteiger charge is 2.29. The smallest absolute Gasteiger partial charge is 0.148 e. The summed E-state index contributed by atoms with van der Waals surface area (Å²) in [5, 5.41) is 0. The van der Waals surface area contributed by atoms with Gasteiger partial charge in [-0.25, -0.2) is 4.39 Å². The first-order chi connectivity index (χ1) is 7.01. The molecule has 0 aliphatic heterocycles. The first-order valence-corrected chi connectivity index (χ1v) is 5.49. The van der Waals surface area contributed by atoms with Crippen LogP contribution in [0.25, 0.3) is 0 Å². The molecule has 1 atom stereocenters. The quantitative estimate of drug-likeness (QED) is 0.809. The van der Waals surface area contributed by atoms with E-state index in [4.69, 9.17) is 5.73 Å². The predicted molar refractivity (Wildman–Crippen MR) is 62.7 cm³/mol. The van der Waals surface area contributed by atoms with E-state index in [1.807, 2.05) is 39.0 Å². The maximum atomic E-state index is 14.5. The number of alkyl halides is 1. The summed E-state index contributed by atoms with van der Waals surface area (Å²) in [6.45, 7) is 6.01. The SMILES string of the molecule is CCCC(F)(CN)c1cc(C)cc(C)c1. The standard InChI is InChI=1S/C13H20FN/c1-4-5-13(14,9-15)12-7-10(2)6-11(3)8-12/h6-8H,4-5,9,15H2,1-3H3. The molecule has 1 aromatic rings. The van der Waals surface area contributed by atoms with Gasteiger partial charge in [0.2, 0.25) is 0 Å². The highest BCUT2D eigenvalue weighted by Crippen LogP contribution is 2.31. The summed E-state index contributed by atoms with van der Waals surface area (Å²) in [4.78, 5) is 0. The zero-order valence-electron chi connectivity index (χ0n) is 9.81. The van der Waals surface area contributed by atoms with E-state index in [1.54, 1.807) is 0 Å². The third kappa shape index (κ3) is 2.78. The van der Waals surface area contributed by atoms with Crippen molar-refractivity contribution in [2.75, 3.05) is 6.54 Å². The van der Waals surface area contributed by atoms with Crippen LogP contribution in [0.1, 0.15) is 36.5 Å². The van der Waals surface area contributed by atoms with Gasteiger partial charge in [-0.2, -0.15) is 0 Å². The number of nitrogens with two attached hydrogens (primary N) is 1. The lowest BCUT2D eigenvalue weighted by molar-refractivity contribution is 0.159. The fourth-order valence-corrected chi connectivity index (χ4v) is 1.99. The van der Waals surface area contributed by atoms with E-state index in [2.05, 4.69) is 0 Å². The van der Waals surface area contributed by atoms with Crippen LogP contribution in [0.3, 0.4) is 0 Å². The van der Waals surface area contributed by atoms with E-state index in [1.165, 1.54) is 0 Å². The van der Waals surface area contributed by atoms with Crippen molar-refractivity contribution in [3.8, 4) is 0 Å². The van der Waals surface area contributed by atoms with Gasteiger partial charge in [0.1, 0.15) is 5.67 Å². The Balaban J connectivity index is 3.11. The van der Waals surface area contributed by atoms with Gasteiger partial charge in [-0.3, -0.25) is 0 Å². The maximum absolute atomic E-state index is 14.5. The predicted octanol–water partition coefficient (Wildman–Crippen LogP) is 3.23. The average molecular weight is 209 g/mol. The van der Waals surface area contributed by atoms with Crippen LogP contribution < -0.4 is 5.73 Å². The van der Waals surface area contributed by atoms with Crippen molar-refractivity contribution in [2.45, 2.75) is 39.3 Å². The first-order valence-electron chi connectivity index (χ1n) is 5.49. The van der Waals surface area contributed by atoms with Crippen LogP contribution in [0, 0.1) is 13.8 Å². The van der Waals surface area contributed by atoms with Crippen LogP contribution in [-0.2, 0) is 5.67 Å². The van der Waals surface area contributed by atoms with Crippen LogP contribution >= 0.6 is 0 Å². The summed E-state index contributed by atoms with van der Waals surface area (Å²) in [6.07, 6.45) is 1.30. The Morgan fingerprint density at radius 2 is 1.73 bits per heavy atom. The molecule has 0 aliphatic carbocycles. The van der Waals surface area contributed by atoms with Gasteiger partial charge < -0.3 is 5.73 Å². The molecule has 1 rings (SSSR count). The van der Waals surface area contributed by atoms with Crippen molar-refractivity contribution < 1.29 is 4.39 Å². The largest absolute Gasteiger partial charge is 0.327 e. The number of hydrogen-bond donors (Lipinski definition) is 1. The first kappa shape index (κ1) is 12.2. The zero-order chi connectivity index (χ0) is 11.5. The van der Waals surface area contributed by atoms with Gasteiger partial charge in [0.05, 0.1) is 0 Å². The third-order valence-electron chi connectivity index (χ3n) is 2.71. The van der Waals surface area contributed by atoms with E-state index in [0.717, 1.165) is 23.1 Å². The Hall–Kier alpha value is -0.890. The third-order valence-corrected chi connectivity index (χ3v) is 2.71. The summed E-state index contributed by atoms with van der Waals surface area (Å²) in [5.41, 5.74) is 7.11. The molecule has 0 spiro atoms. The molecule has 0 aliphatic rings. The molecule has 1 unspecified atom stereocenters. The van der Waals surface area contributed by atoms with Crippen molar-refractivity contribution in [3.63, 3.8) is 0 Å². The number of aryl methyl sites for hydroxylation is 2. The van der Waals surface area contributed by atoms with Crippen molar-refractivity contribution >= 4 is 0 Å². The van der Waals surface area contributed by atoms with Gasteiger partial charge in [-0.05, 0) is 25.8 Å². The molecule has 2 heteroatoms. The molecule has 84 valence electrons. The van der Waals surface area contributed by atoms with Crippen molar-refractivity contribution in [1.82, 2.24) is 0 Å². The van der Waals surface area contributed by atoms with Gasteiger partial charge in [0.25, 0.3) is 0 Å². The van der Waals surface area contributed by atoms with Crippen LogP contribution in [0.15, 0.2) is 18.2 Å². The number of rotatable bonds is 4. The Labute approximate surface area is 91.5 Å². The van der Waals surface area contributed by atoms with Crippen LogP contribution in [0.4, 0.5) is 4.39 Å². The van der Waals surface area contributed by atoms with Gasteiger partial charge in [0.15, 0.2) is 0 Å². The summed E-state index contributed by atoms with van der Waals surface area (Å²) in [5.74, 6) is 0. The summed E-state index contributed by atoms with van der Waals surface area (Å²) in [6, 6.07) is 5.84. The van der Waals surface area contributed by atoms with Crippen molar-refractivity contribution in [3.05, 3.63) is 34.9 Å². The second-order valence-corrected chi connectivity index (χ2v) is 4.30. The molecule has 1 aromatic carbocycles. The zero-order valence-corrected chi connectivity index (χ0v) is 9.81. The molecule has 0 radical (unpaired) electrons. The van der Waals surface area contributed by atoms with Gasteiger partial charge in [-0.1, -0.05) is 42.7 Å². The van der Waals surface area contributed by atoms with E-state index in [9.17, 15) is 4.39 Å². The molecule has 0 aromatic heterocycles. The maximum Gasteiger partial charge on any atom is 0.148 e. The Kier molecular flexibility index (Phi) is 3.86. The summed E-state index contributed by atoms with van der Waals surface area (Å²) >= 11 is 0. The van der Waals surface area contributed by atoms with E-state index >= 15 is 0 Å². The Bertz CT molecular complexity index is 315. The second-order valence-electron chi connectivity index (χ2n) is 4.30. The number of benzene rings is 1. The summed E-state index contributed by atoms with van der Waals surface area (Å²) in [7, 11) is 0. The second kappa shape index (κ2) is 4.75. The van der Waals surface area contributed by atoms with Crippen molar-refractivity contribution in [1.29, 1.82) is 0 Å². The fraction of sp³-hybridized carbons (Fsp3) is 0.538. The minimum absolute atomic E-state index is 0.0593. The molecule has 0 amide bonds. The van der Waals surface area contributed by atoms with Gasteiger partial charge >= 0.3 is 0 Å². The van der Waals surface area contributed by atoms with Crippen molar-refractivity contribution in [2.24, 2.45) is 5.73 Å². The molecule has 0 bridgehead atoms. The molecule has 0 saturated heterocycles. The minimum Gasteiger partial charge on any atom is -0.327 e. The molecule has 2 N–H and O–H groups in total. The number of hydrogen-bond acceptors (Lipinski definition) is 1. The van der Waals surface area contributed by atoms with Crippen LogP contribution in [0.2, 0.25) is 0 Å². The monoisotopic (exact) mass is 209 g/mol. The van der Waals surface area contributed by atoms with Crippen LogP contribution in [-0.4, -0.2) is 6.54 Å². The van der Waals surface area contributed by atoms with E-state index < -0.39 is 5.67 Å². The normalized spacial score (nSPS) is 15.0. The number of halogens is 1. The summed E-state index contributed by atoms with van der Waals surface area (Å²) < 4.78 is 14.5. The fourth-order valence-electron chi connectivity index (χ4n) is 1.99. The topological polar surface area (TPSA) is 26.0 Å². The minimum atomic E-state index is -1.36.